The fourth-order valence-corrected chi connectivity index (χ4v) is 2.12. The lowest BCUT2D eigenvalue weighted by molar-refractivity contribution is -0.123. The van der Waals surface area contributed by atoms with E-state index in [0.717, 1.165) is 16.7 Å². The van der Waals surface area contributed by atoms with Crippen LogP contribution in [-0.2, 0) is 22.6 Å². The van der Waals surface area contributed by atoms with E-state index in [1.165, 1.54) is 0 Å². The summed E-state index contributed by atoms with van der Waals surface area (Å²) in [6, 6.07) is 14.7. The maximum absolute atomic E-state index is 11.9. The summed E-state index contributed by atoms with van der Waals surface area (Å²) >= 11 is 0. The van der Waals surface area contributed by atoms with E-state index in [1.807, 2.05) is 43.3 Å². The number of aliphatic hydroxyl groups is 1. The normalized spacial score (nSPS) is 10.2. The average molecular weight is 312 g/mol. The van der Waals surface area contributed by atoms with Crippen LogP contribution in [0.15, 0.2) is 48.5 Å². The third-order valence-electron chi connectivity index (χ3n) is 3.41. The van der Waals surface area contributed by atoms with Gasteiger partial charge in [-0.15, -0.1) is 0 Å². The third-order valence-corrected chi connectivity index (χ3v) is 3.41. The zero-order chi connectivity index (χ0) is 16.7. The Balaban J connectivity index is 1.84. The van der Waals surface area contributed by atoms with Gasteiger partial charge in [0.15, 0.2) is 0 Å². The van der Waals surface area contributed by atoms with Gasteiger partial charge < -0.3 is 15.7 Å². The van der Waals surface area contributed by atoms with Crippen molar-refractivity contribution in [2.75, 3.05) is 11.9 Å². The first-order chi connectivity index (χ1) is 11.1. The minimum Gasteiger partial charge on any atom is -0.392 e. The maximum atomic E-state index is 11.9. The van der Waals surface area contributed by atoms with Crippen LogP contribution in [0.2, 0.25) is 0 Å². The first-order valence-electron chi connectivity index (χ1n) is 7.39. The van der Waals surface area contributed by atoms with Crippen molar-refractivity contribution >= 4 is 17.5 Å². The van der Waals surface area contributed by atoms with Gasteiger partial charge in [-0.2, -0.15) is 0 Å². The van der Waals surface area contributed by atoms with Gasteiger partial charge in [0.1, 0.15) is 0 Å². The fraction of sp³-hybridized carbons (Fsp3) is 0.222. The van der Waals surface area contributed by atoms with E-state index >= 15 is 0 Å². The molecule has 120 valence electrons. The fourth-order valence-electron chi connectivity index (χ4n) is 2.12. The molecule has 0 heterocycles. The highest BCUT2D eigenvalue weighted by molar-refractivity contribution is 5.95. The molecular weight excluding hydrogens is 292 g/mol. The van der Waals surface area contributed by atoms with Crippen LogP contribution in [0.4, 0.5) is 5.69 Å². The highest BCUT2D eigenvalue weighted by atomic mass is 16.3. The molecule has 0 fully saturated rings. The topological polar surface area (TPSA) is 78.4 Å². The van der Waals surface area contributed by atoms with Crippen molar-refractivity contribution in [1.29, 1.82) is 0 Å². The Hall–Kier alpha value is -2.66. The van der Waals surface area contributed by atoms with Gasteiger partial charge in [-0.1, -0.05) is 42.5 Å². The Morgan fingerprint density at radius 3 is 2.43 bits per heavy atom. The van der Waals surface area contributed by atoms with Gasteiger partial charge >= 0.3 is 0 Å². The molecule has 3 N–H and O–H groups in total. The van der Waals surface area contributed by atoms with Crippen molar-refractivity contribution in [2.24, 2.45) is 0 Å². The van der Waals surface area contributed by atoms with Crippen molar-refractivity contribution in [1.82, 2.24) is 5.32 Å². The summed E-state index contributed by atoms with van der Waals surface area (Å²) in [6.07, 6.45) is 0.243. The molecule has 5 heteroatoms. The van der Waals surface area contributed by atoms with Crippen LogP contribution in [-0.4, -0.2) is 23.5 Å². The number of carbonyl (C=O) groups is 2. The molecule has 0 aliphatic heterocycles. The number of hydrogen-bond donors (Lipinski definition) is 3. The summed E-state index contributed by atoms with van der Waals surface area (Å²) < 4.78 is 0. The predicted molar refractivity (Wildman–Crippen MR) is 88.9 cm³/mol. The molecule has 0 atom stereocenters. The first-order valence-corrected chi connectivity index (χ1v) is 7.39. The lowest BCUT2D eigenvalue weighted by Gasteiger charge is -2.10. The number of rotatable bonds is 6. The van der Waals surface area contributed by atoms with Crippen molar-refractivity contribution in [2.45, 2.75) is 20.0 Å². The molecule has 5 nitrogen and oxygen atoms in total. The van der Waals surface area contributed by atoms with E-state index in [0.29, 0.717) is 5.69 Å². The third kappa shape index (κ3) is 5.23. The quantitative estimate of drug-likeness (QED) is 0.761. The van der Waals surface area contributed by atoms with Gasteiger partial charge in [0.05, 0.1) is 19.6 Å². The second-order valence-corrected chi connectivity index (χ2v) is 5.29. The van der Waals surface area contributed by atoms with Crippen LogP contribution in [0.25, 0.3) is 0 Å². The van der Waals surface area contributed by atoms with E-state index in [9.17, 15) is 9.59 Å². The van der Waals surface area contributed by atoms with Crippen LogP contribution in [0.3, 0.4) is 0 Å². The summed E-state index contributed by atoms with van der Waals surface area (Å²) in [5.74, 6) is -0.503. The van der Waals surface area contributed by atoms with Crippen LogP contribution in [0, 0.1) is 6.92 Å². The molecule has 0 aromatic heterocycles. The minimum atomic E-state index is -0.301. The molecular formula is C18H20N2O3. The highest BCUT2D eigenvalue weighted by Gasteiger charge is 2.08. The number of carbonyl (C=O) groups excluding carboxylic acids is 2. The zero-order valence-corrected chi connectivity index (χ0v) is 13.0. The zero-order valence-electron chi connectivity index (χ0n) is 13.0. The Morgan fingerprint density at radius 1 is 1.00 bits per heavy atom. The number of nitrogens with one attached hydrogen (secondary N) is 2. The number of aliphatic hydroxyl groups excluding tert-OH is 1. The van der Waals surface area contributed by atoms with Gasteiger partial charge in [-0.05, 0) is 29.7 Å². The van der Waals surface area contributed by atoms with Gasteiger partial charge in [0.2, 0.25) is 11.8 Å². The van der Waals surface area contributed by atoms with E-state index < -0.39 is 0 Å². The Labute approximate surface area is 135 Å². The Morgan fingerprint density at radius 2 is 1.74 bits per heavy atom. The summed E-state index contributed by atoms with van der Waals surface area (Å²) in [5.41, 5.74) is 3.15. The second-order valence-electron chi connectivity index (χ2n) is 5.29. The van der Waals surface area contributed by atoms with Gasteiger partial charge in [0, 0.05) is 5.69 Å². The van der Waals surface area contributed by atoms with Gasteiger partial charge in [0.25, 0.3) is 0 Å². The smallest absolute Gasteiger partial charge is 0.243 e. The molecule has 0 aliphatic rings. The van der Waals surface area contributed by atoms with Crippen molar-refractivity contribution in [3.8, 4) is 0 Å². The lowest BCUT2D eigenvalue weighted by Crippen LogP contribution is -2.33. The predicted octanol–water partition coefficient (Wildman–Crippen LogP) is 1.78. The molecule has 0 spiro atoms. The molecule has 2 aromatic rings. The molecule has 0 unspecified atom stereocenters. The van der Waals surface area contributed by atoms with Crippen molar-refractivity contribution in [3.05, 3.63) is 65.2 Å². The summed E-state index contributed by atoms with van der Waals surface area (Å²) in [4.78, 5) is 23.7. The number of hydrogen-bond acceptors (Lipinski definition) is 3. The lowest BCUT2D eigenvalue weighted by atomic mass is 10.1. The molecule has 0 saturated carbocycles. The number of anilines is 1. The summed E-state index contributed by atoms with van der Waals surface area (Å²) in [5, 5.41) is 14.5. The Kier molecular flexibility index (Phi) is 5.88. The van der Waals surface area contributed by atoms with Crippen molar-refractivity contribution < 1.29 is 14.7 Å². The van der Waals surface area contributed by atoms with E-state index in [4.69, 9.17) is 5.11 Å². The number of benzene rings is 2. The molecule has 23 heavy (non-hydrogen) atoms. The molecule has 2 amide bonds. The van der Waals surface area contributed by atoms with Gasteiger partial charge in [-0.25, -0.2) is 0 Å². The molecule has 2 rings (SSSR count). The largest absolute Gasteiger partial charge is 0.392 e. The van der Waals surface area contributed by atoms with Crippen molar-refractivity contribution in [3.63, 3.8) is 0 Å². The Bertz CT molecular complexity index is 684. The monoisotopic (exact) mass is 312 g/mol. The molecule has 0 bridgehead atoms. The molecule has 0 radical (unpaired) electrons. The van der Waals surface area contributed by atoms with E-state index in [-0.39, 0.29) is 31.4 Å². The first kappa shape index (κ1) is 16.7. The second kappa shape index (κ2) is 8.10. The van der Waals surface area contributed by atoms with Crippen LogP contribution >= 0.6 is 0 Å². The number of amides is 2. The molecule has 0 saturated heterocycles. The molecule has 2 aromatic carbocycles. The maximum Gasteiger partial charge on any atom is 0.243 e. The molecule has 0 aliphatic carbocycles. The number of aryl methyl sites for hydroxylation is 1. The van der Waals surface area contributed by atoms with Gasteiger partial charge in [-0.3, -0.25) is 9.59 Å². The summed E-state index contributed by atoms with van der Waals surface area (Å²) in [6.45, 7) is 1.69. The van der Waals surface area contributed by atoms with E-state index in [2.05, 4.69) is 10.6 Å². The minimum absolute atomic E-state index is 0.0863. The van der Waals surface area contributed by atoms with Crippen LogP contribution in [0.1, 0.15) is 16.7 Å². The summed E-state index contributed by atoms with van der Waals surface area (Å²) in [7, 11) is 0. The van der Waals surface area contributed by atoms with Crippen LogP contribution < -0.4 is 10.6 Å². The van der Waals surface area contributed by atoms with E-state index in [1.54, 1.807) is 12.1 Å². The average Bonchev–Trinajstić information content (AvgIpc) is 2.56. The standard InChI is InChI=1S/C18H20N2O3/c1-13-7-8-15(12-21)9-16(13)20-18(23)11-19-17(22)10-14-5-3-2-4-6-14/h2-9,21H,10-12H2,1H3,(H,19,22)(H,20,23). The highest BCUT2D eigenvalue weighted by Crippen LogP contribution is 2.16. The SMILES string of the molecule is Cc1ccc(CO)cc1NC(=O)CNC(=O)Cc1ccccc1. The van der Waals surface area contributed by atoms with Crippen LogP contribution in [0.5, 0.6) is 0 Å².